The Morgan fingerprint density at radius 1 is 1.26 bits per heavy atom. The summed E-state index contributed by atoms with van der Waals surface area (Å²) in [5, 5.41) is 3.67. The normalized spacial score (nSPS) is 16.5. The van der Waals surface area contributed by atoms with Crippen molar-refractivity contribution in [1.82, 2.24) is 14.3 Å². The Hall–Kier alpha value is -2.15. The molecule has 2 heterocycles. The number of fused-ring (bicyclic) bond motifs is 1. The summed E-state index contributed by atoms with van der Waals surface area (Å²) < 4.78 is 28.2. The van der Waals surface area contributed by atoms with Crippen LogP contribution in [0.4, 0.5) is 0 Å². The minimum Gasteiger partial charge on any atom is -0.313 e. The lowest BCUT2D eigenvalue weighted by Gasteiger charge is -2.13. The van der Waals surface area contributed by atoms with Crippen molar-refractivity contribution in [2.24, 2.45) is 0 Å². The van der Waals surface area contributed by atoms with E-state index in [1.54, 1.807) is 30.6 Å². The van der Waals surface area contributed by atoms with E-state index in [0.717, 1.165) is 35.2 Å². The van der Waals surface area contributed by atoms with Gasteiger partial charge >= 0.3 is 0 Å². The Labute approximate surface area is 164 Å². The molecule has 0 radical (unpaired) electrons. The Morgan fingerprint density at radius 2 is 2.07 bits per heavy atom. The highest BCUT2D eigenvalue weighted by atomic mass is 35.5. The molecule has 1 aliphatic rings. The van der Waals surface area contributed by atoms with E-state index in [0.29, 0.717) is 10.7 Å². The summed E-state index contributed by atoms with van der Waals surface area (Å²) in [5.74, 6) is 0. The van der Waals surface area contributed by atoms with Gasteiger partial charge in [0, 0.05) is 34.7 Å². The van der Waals surface area contributed by atoms with Gasteiger partial charge in [-0.05, 0) is 68.3 Å². The number of benzene rings is 1. The van der Waals surface area contributed by atoms with Crippen LogP contribution in [-0.2, 0) is 16.4 Å². The number of nitrogens with zero attached hydrogens (tertiary/aromatic N) is 2. The molecule has 2 aromatic heterocycles. The Balaban J connectivity index is 1.97. The maximum Gasteiger partial charge on any atom is 0.268 e. The summed E-state index contributed by atoms with van der Waals surface area (Å²) >= 11 is 6.04. The monoisotopic (exact) mass is 401 g/mol. The Morgan fingerprint density at radius 3 is 2.74 bits per heavy atom. The van der Waals surface area contributed by atoms with E-state index in [-0.39, 0.29) is 10.9 Å². The molecule has 1 N–H and O–H groups in total. The van der Waals surface area contributed by atoms with Crippen LogP contribution in [0.1, 0.15) is 29.3 Å². The average molecular weight is 402 g/mol. The molecule has 0 bridgehead atoms. The van der Waals surface area contributed by atoms with Gasteiger partial charge in [-0.15, -0.1) is 0 Å². The van der Waals surface area contributed by atoms with Gasteiger partial charge in [-0.25, -0.2) is 12.4 Å². The second kappa shape index (κ2) is 6.78. The van der Waals surface area contributed by atoms with Gasteiger partial charge in [0.1, 0.15) is 0 Å². The highest BCUT2D eigenvalue weighted by Gasteiger charge is 2.32. The highest BCUT2D eigenvalue weighted by molar-refractivity contribution is 7.90. The van der Waals surface area contributed by atoms with E-state index < -0.39 is 10.0 Å². The molecule has 140 valence electrons. The summed E-state index contributed by atoms with van der Waals surface area (Å²) in [6.45, 7) is 1.91. The first kappa shape index (κ1) is 18.2. The number of hydrogen-bond donors (Lipinski definition) is 1. The van der Waals surface area contributed by atoms with Gasteiger partial charge in [-0.1, -0.05) is 17.7 Å². The first-order valence-electron chi connectivity index (χ1n) is 8.77. The van der Waals surface area contributed by atoms with Gasteiger partial charge < -0.3 is 5.32 Å². The van der Waals surface area contributed by atoms with Crippen molar-refractivity contribution in [3.05, 3.63) is 70.6 Å². The summed E-state index contributed by atoms with van der Waals surface area (Å²) in [6, 6.07) is 10.3. The smallest absolute Gasteiger partial charge is 0.268 e. The van der Waals surface area contributed by atoms with Crippen molar-refractivity contribution in [3.8, 4) is 11.3 Å². The van der Waals surface area contributed by atoms with Crippen molar-refractivity contribution in [2.75, 3.05) is 7.05 Å². The van der Waals surface area contributed by atoms with Crippen LogP contribution in [-0.4, -0.2) is 24.4 Å². The zero-order chi connectivity index (χ0) is 19.2. The van der Waals surface area contributed by atoms with Crippen LogP contribution >= 0.6 is 11.6 Å². The maximum atomic E-state index is 13.4. The van der Waals surface area contributed by atoms with E-state index in [4.69, 9.17) is 11.6 Å². The lowest BCUT2D eigenvalue weighted by Crippen LogP contribution is -2.16. The largest absolute Gasteiger partial charge is 0.313 e. The molecule has 4 rings (SSSR count). The molecule has 1 atom stereocenters. The Bertz CT molecular complexity index is 1100. The molecule has 0 saturated heterocycles. The van der Waals surface area contributed by atoms with Crippen LogP contribution in [0.2, 0.25) is 5.02 Å². The van der Waals surface area contributed by atoms with Crippen LogP contribution in [0.5, 0.6) is 0 Å². The third-order valence-corrected chi connectivity index (χ3v) is 6.95. The quantitative estimate of drug-likeness (QED) is 0.718. The van der Waals surface area contributed by atoms with Gasteiger partial charge in [0.05, 0.1) is 10.6 Å². The molecule has 0 fully saturated rings. The third-order valence-electron chi connectivity index (χ3n) is 5.06. The first-order valence-corrected chi connectivity index (χ1v) is 10.6. The Kier molecular flexibility index (Phi) is 4.58. The SMILES string of the molecule is CNC1CCc2c1cn(S(=O)(=O)c1cccc(Cl)c1)c2-c1ccc(C)nc1. The van der Waals surface area contributed by atoms with Crippen molar-refractivity contribution in [2.45, 2.75) is 30.7 Å². The highest BCUT2D eigenvalue weighted by Crippen LogP contribution is 2.40. The molecule has 1 aliphatic carbocycles. The fourth-order valence-electron chi connectivity index (χ4n) is 3.69. The van der Waals surface area contributed by atoms with E-state index >= 15 is 0 Å². The molecule has 0 amide bonds. The van der Waals surface area contributed by atoms with Crippen LogP contribution in [0.15, 0.2) is 53.7 Å². The number of aromatic nitrogens is 2. The molecule has 27 heavy (non-hydrogen) atoms. The fourth-order valence-corrected chi connectivity index (χ4v) is 5.40. The molecule has 0 saturated carbocycles. The second-order valence-corrected chi connectivity index (χ2v) is 8.99. The molecule has 0 spiro atoms. The zero-order valence-electron chi connectivity index (χ0n) is 15.1. The molecular weight excluding hydrogens is 382 g/mol. The topological polar surface area (TPSA) is 64.0 Å². The predicted molar refractivity (Wildman–Crippen MR) is 107 cm³/mol. The number of nitrogens with one attached hydrogen (secondary N) is 1. The number of aryl methyl sites for hydroxylation is 1. The molecular formula is C20H20ClN3O2S. The minimum atomic E-state index is -3.78. The van der Waals surface area contributed by atoms with Crippen molar-refractivity contribution >= 4 is 21.6 Å². The van der Waals surface area contributed by atoms with Crippen LogP contribution in [0.3, 0.4) is 0 Å². The maximum absolute atomic E-state index is 13.4. The zero-order valence-corrected chi connectivity index (χ0v) is 16.7. The van der Waals surface area contributed by atoms with E-state index in [1.807, 2.05) is 26.1 Å². The number of pyridine rings is 1. The van der Waals surface area contributed by atoms with Crippen molar-refractivity contribution < 1.29 is 8.42 Å². The molecule has 1 aromatic carbocycles. The van der Waals surface area contributed by atoms with Gasteiger partial charge in [0.2, 0.25) is 0 Å². The fraction of sp³-hybridized carbons (Fsp3) is 0.250. The van der Waals surface area contributed by atoms with Crippen LogP contribution < -0.4 is 5.32 Å². The van der Waals surface area contributed by atoms with Gasteiger partial charge in [0.15, 0.2) is 0 Å². The van der Waals surface area contributed by atoms with E-state index in [9.17, 15) is 8.42 Å². The standard InChI is InChI=1S/C20H20ClN3O2S/c1-13-6-7-14(11-23-13)20-17-8-9-19(22-2)18(17)12-24(20)27(25,26)16-5-3-4-15(21)10-16/h3-7,10-12,19,22H,8-9H2,1-2H3. The summed E-state index contributed by atoms with van der Waals surface area (Å²) in [7, 11) is -1.88. The van der Waals surface area contributed by atoms with E-state index in [1.165, 1.54) is 10.0 Å². The van der Waals surface area contributed by atoms with Crippen molar-refractivity contribution in [3.63, 3.8) is 0 Å². The lowest BCUT2D eigenvalue weighted by atomic mass is 10.1. The summed E-state index contributed by atoms with van der Waals surface area (Å²) in [5.41, 5.74) is 4.46. The second-order valence-electron chi connectivity index (χ2n) is 6.74. The lowest BCUT2D eigenvalue weighted by molar-refractivity contribution is 0.579. The minimum absolute atomic E-state index is 0.146. The summed E-state index contributed by atoms with van der Waals surface area (Å²) in [4.78, 5) is 4.54. The molecule has 3 aromatic rings. The molecule has 5 nitrogen and oxygen atoms in total. The number of hydrogen-bond acceptors (Lipinski definition) is 4. The number of halogens is 1. The van der Waals surface area contributed by atoms with Crippen LogP contribution in [0.25, 0.3) is 11.3 Å². The molecule has 0 aliphatic heterocycles. The van der Waals surface area contributed by atoms with Gasteiger partial charge in [-0.2, -0.15) is 0 Å². The third kappa shape index (κ3) is 3.08. The molecule has 7 heteroatoms. The van der Waals surface area contributed by atoms with E-state index in [2.05, 4.69) is 10.3 Å². The number of rotatable bonds is 4. The summed E-state index contributed by atoms with van der Waals surface area (Å²) in [6.07, 6.45) is 5.25. The van der Waals surface area contributed by atoms with Gasteiger partial charge in [0.25, 0.3) is 10.0 Å². The first-order chi connectivity index (χ1) is 12.9. The van der Waals surface area contributed by atoms with Crippen LogP contribution in [0, 0.1) is 6.92 Å². The van der Waals surface area contributed by atoms with Gasteiger partial charge in [-0.3, -0.25) is 4.98 Å². The molecule has 1 unspecified atom stereocenters. The van der Waals surface area contributed by atoms with Crippen molar-refractivity contribution in [1.29, 1.82) is 0 Å². The average Bonchev–Trinajstić information content (AvgIpc) is 3.22. The predicted octanol–water partition coefficient (Wildman–Crippen LogP) is 3.96.